The molecule has 0 bridgehead atoms. The molecule has 0 spiro atoms. The minimum absolute atomic E-state index is 0.0451. The predicted octanol–water partition coefficient (Wildman–Crippen LogP) is 0.700. The zero-order valence-electron chi connectivity index (χ0n) is 10.4. The average molecular weight is 285 g/mol. The van der Waals surface area contributed by atoms with E-state index in [0.717, 1.165) is 6.07 Å². The van der Waals surface area contributed by atoms with Crippen LogP contribution in [0.25, 0.3) is 0 Å². The molecular weight excluding hydrogens is 270 g/mol. The van der Waals surface area contributed by atoms with E-state index in [9.17, 15) is 13.2 Å². The Hall–Kier alpha value is -1.44. The highest BCUT2D eigenvalue weighted by molar-refractivity contribution is 7.89. The van der Waals surface area contributed by atoms with Crippen molar-refractivity contribution in [1.82, 2.24) is 4.72 Å². The summed E-state index contributed by atoms with van der Waals surface area (Å²) >= 11 is 0. The standard InChI is InChI=1S/C12H15NO5S/c1-12(7-18-8-12)6-13-19(16,17)10-4-2-3-9(5-10)11(14)15/h2-5,13H,6-8H2,1H3,(H,14,15). The predicted molar refractivity (Wildman–Crippen MR) is 67.5 cm³/mol. The van der Waals surface area contributed by atoms with Crippen LogP contribution in [-0.4, -0.2) is 39.3 Å². The number of aromatic carboxylic acids is 1. The lowest BCUT2D eigenvalue weighted by Gasteiger charge is -2.37. The number of benzene rings is 1. The van der Waals surface area contributed by atoms with Gasteiger partial charge in [-0.05, 0) is 18.2 Å². The number of hydrogen-bond donors (Lipinski definition) is 2. The minimum atomic E-state index is -3.69. The summed E-state index contributed by atoms with van der Waals surface area (Å²) in [5, 5.41) is 8.85. The third-order valence-corrected chi connectivity index (χ3v) is 4.38. The van der Waals surface area contributed by atoms with Crippen LogP contribution in [0.3, 0.4) is 0 Å². The summed E-state index contributed by atoms with van der Waals surface area (Å²) in [5.41, 5.74) is -0.238. The Kier molecular flexibility index (Phi) is 3.62. The highest BCUT2D eigenvalue weighted by Crippen LogP contribution is 2.26. The summed E-state index contributed by atoms with van der Waals surface area (Å²) in [7, 11) is -3.69. The number of carboxylic acid groups (broad SMARTS) is 1. The summed E-state index contributed by atoms with van der Waals surface area (Å²) in [6.45, 7) is 3.23. The fourth-order valence-corrected chi connectivity index (χ4v) is 2.95. The van der Waals surface area contributed by atoms with Crippen molar-refractivity contribution >= 4 is 16.0 Å². The van der Waals surface area contributed by atoms with Crippen molar-refractivity contribution in [2.75, 3.05) is 19.8 Å². The maximum atomic E-state index is 12.0. The lowest BCUT2D eigenvalue weighted by Crippen LogP contribution is -2.48. The number of rotatable bonds is 5. The normalized spacial score (nSPS) is 17.7. The van der Waals surface area contributed by atoms with E-state index >= 15 is 0 Å². The largest absolute Gasteiger partial charge is 0.478 e. The molecule has 1 heterocycles. The fraction of sp³-hybridized carbons (Fsp3) is 0.417. The Balaban J connectivity index is 2.14. The van der Waals surface area contributed by atoms with Gasteiger partial charge >= 0.3 is 5.97 Å². The van der Waals surface area contributed by atoms with Crippen LogP contribution in [0.5, 0.6) is 0 Å². The second-order valence-electron chi connectivity index (χ2n) is 4.96. The van der Waals surface area contributed by atoms with Gasteiger partial charge in [-0.2, -0.15) is 0 Å². The Morgan fingerprint density at radius 3 is 2.68 bits per heavy atom. The zero-order chi connectivity index (χ0) is 14.1. The van der Waals surface area contributed by atoms with E-state index < -0.39 is 16.0 Å². The Morgan fingerprint density at radius 1 is 1.47 bits per heavy atom. The number of ether oxygens (including phenoxy) is 1. The van der Waals surface area contributed by atoms with E-state index in [0.29, 0.717) is 13.2 Å². The van der Waals surface area contributed by atoms with Crippen molar-refractivity contribution in [2.24, 2.45) is 5.41 Å². The summed E-state index contributed by atoms with van der Waals surface area (Å²) in [5.74, 6) is -1.16. The van der Waals surface area contributed by atoms with Crippen molar-refractivity contribution in [3.63, 3.8) is 0 Å². The molecule has 0 aliphatic carbocycles. The highest BCUT2D eigenvalue weighted by atomic mass is 32.2. The third-order valence-electron chi connectivity index (χ3n) is 2.98. The van der Waals surface area contributed by atoms with Gasteiger partial charge in [0, 0.05) is 12.0 Å². The van der Waals surface area contributed by atoms with E-state index in [2.05, 4.69) is 4.72 Å². The van der Waals surface area contributed by atoms with E-state index in [1.165, 1.54) is 18.2 Å². The summed E-state index contributed by atoms with van der Waals surface area (Å²) < 4.78 is 31.6. The van der Waals surface area contributed by atoms with Crippen LogP contribution in [0, 0.1) is 5.41 Å². The van der Waals surface area contributed by atoms with E-state index in [-0.39, 0.29) is 22.4 Å². The van der Waals surface area contributed by atoms with Crippen LogP contribution in [0.2, 0.25) is 0 Å². The first-order valence-corrected chi connectivity index (χ1v) is 7.22. The maximum absolute atomic E-state index is 12.0. The van der Waals surface area contributed by atoms with Crippen molar-refractivity contribution < 1.29 is 23.1 Å². The van der Waals surface area contributed by atoms with Gasteiger partial charge in [-0.15, -0.1) is 0 Å². The lowest BCUT2D eigenvalue weighted by molar-refractivity contribution is -0.0965. The van der Waals surface area contributed by atoms with Gasteiger partial charge < -0.3 is 9.84 Å². The molecule has 0 amide bonds. The minimum Gasteiger partial charge on any atom is -0.478 e. The molecule has 6 nitrogen and oxygen atoms in total. The summed E-state index contributed by atoms with van der Waals surface area (Å²) in [6, 6.07) is 5.27. The topological polar surface area (TPSA) is 92.7 Å². The van der Waals surface area contributed by atoms with E-state index in [1.807, 2.05) is 6.92 Å². The number of sulfonamides is 1. The molecule has 2 N–H and O–H groups in total. The van der Waals surface area contributed by atoms with Crippen LogP contribution in [0.4, 0.5) is 0 Å². The molecule has 1 aliphatic rings. The molecule has 1 saturated heterocycles. The molecule has 1 fully saturated rings. The Morgan fingerprint density at radius 2 is 2.16 bits per heavy atom. The molecule has 0 atom stereocenters. The summed E-state index contributed by atoms with van der Waals surface area (Å²) in [4.78, 5) is 10.8. The number of hydrogen-bond acceptors (Lipinski definition) is 4. The fourth-order valence-electron chi connectivity index (χ4n) is 1.70. The average Bonchev–Trinajstić information content (AvgIpc) is 2.34. The molecule has 1 aromatic carbocycles. The van der Waals surface area contributed by atoms with Gasteiger partial charge in [-0.3, -0.25) is 0 Å². The van der Waals surface area contributed by atoms with Gasteiger partial charge in [0.15, 0.2) is 0 Å². The molecule has 0 radical (unpaired) electrons. The van der Waals surface area contributed by atoms with E-state index in [4.69, 9.17) is 9.84 Å². The zero-order valence-corrected chi connectivity index (χ0v) is 11.2. The molecule has 0 aromatic heterocycles. The van der Waals surface area contributed by atoms with E-state index in [1.54, 1.807) is 0 Å². The maximum Gasteiger partial charge on any atom is 0.335 e. The molecule has 2 rings (SSSR count). The van der Waals surface area contributed by atoms with Gasteiger partial charge in [0.2, 0.25) is 10.0 Å². The third kappa shape index (κ3) is 3.12. The lowest BCUT2D eigenvalue weighted by atomic mass is 9.89. The number of nitrogens with one attached hydrogen (secondary N) is 1. The van der Waals surface area contributed by atoms with Crippen molar-refractivity contribution in [2.45, 2.75) is 11.8 Å². The molecule has 1 aromatic rings. The smallest absolute Gasteiger partial charge is 0.335 e. The molecular formula is C12H15NO5S. The second kappa shape index (κ2) is 4.92. The first-order valence-electron chi connectivity index (χ1n) is 5.73. The van der Waals surface area contributed by atoms with Gasteiger partial charge in [-0.25, -0.2) is 17.9 Å². The van der Waals surface area contributed by atoms with Gasteiger partial charge in [0.05, 0.1) is 23.7 Å². The number of carbonyl (C=O) groups is 1. The van der Waals surface area contributed by atoms with Crippen LogP contribution >= 0.6 is 0 Å². The Labute approximate surface area is 111 Å². The molecule has 19 heavy (non-hydrogen) atoms. The second-order valence-corrected chi connectivity index (χ2v) is 6.73. The first kappa shape index (κ1) is 14.0. The SMILES string of the molecule is CC1(CNS(=O)(=O)c2cccc(C(=O)O)c2)COC1. The number of carboxylic acids is 1. The molecule has 0 saturated carbocycles. The summed E-state index contributed by atoms with van der Waals surface area (Å²) in [6.07, 6.45) is 0. The quantitative estimate of drug-likeness (QED) is 0.830. The van der Waals surface area contributed by atoms with Gasteiger partial charge in [-0.1, -0.05) is 13.0 Å². The molecule has 104 valence electrons. The van der Waals surface area contributed by atoms with Crippen molar-refractivity contribution in [3.8, 4) is 0 Å². The van der Waals surface area contributed by atoms with Crippen LogP contribution in [0.15, 0.2) is 29.2 Å². The van der Waals surface area contributed by atoms with Gasteiger partial charge in [0.1, 0.15) is 0 Å². The molecule has 1 aliphatic heterocycles. The van der Waals surface area contributed by atoms with Crippen LogP contribution in [-0.2, 0) is 14.8 Å². The molecule has 7 heteroatoms. The van der Waals surface area contributed by atoms with Crippen molar-refractivity contribution in [3.05, 3.63) is 29.8 Å². The van der Waals surface area contributed by atoms with Gasteiger partial charge in [0.25, 0.3) is 0 Å². The molecule has 0 unspecified atom stereocenters. The Bertz CT molecular complexity index is 592. The monoisotopic (exact) mass is 285 g/mol. The first-order chi connectivity index (χ1) is 8.82. The van der Waals surface area contributed by atoms with Crippen LogP contribution in [0.1, 0.15) is 17.3 Å². The highest BCUT2D eigenvalue weighted by Gasteiger charge is 2.34. The van der Waals surface area contributed by atoms with Crippen molar-refractivity contribution in [1.29, 1.82) is 0 Å². The van der Waals surface area contributed by atoms with Crippen LogP contribution < -0.4 is 4.72 Å².